The molecule has 102 valence electrons. The van der Waals surface area contributed by atoms with Crippen molar-refractivity contribution in [1.82, 2.24) is 5.32 Å². The van der Waals surface area contributed by atoms with Crippen LogP contribution in [0.3, 0.4) is 0 Å². The highest BCUT2D eigenvalue weighted by atomic mass is 35.5. The Balaban J connectivity index is 1.96. The molecule has 19 heavy (non-hydrogen) atoms. The van der Waals surface area contributed by atoms with Crippen molar-refractivity contribution in [2.75, 3.05) is 11.9 Å². The Morgan fingerprint density at radius 1 is 1.47 bits per heavy atom. The molecule has 0 saturated carbocycles. The first-order valence-electron chi connectivity index (χ1n) is 6.19. The number of primary amides is 1. The fourth-order valence-corrected chi connectivity index (χ4v) is 2.43. The SMILES string of the molecule is NC(=O)c1ccc(NC(=O)CC2CCCN2)cc1Cl. The maximum absolute atomic E-state index is 11.8. The van der Waals surface area contributed by atoms with Crippen molar-refractivity contribution in [1.29, 1.82) is 0 Å². The van der Waals surface area contributed by atoms with Gasteiger partial charge in [-0.25, -0.2) is 0 Å². The molecule has 1 unspecified atom stereocenters. The summed E-state index contributed by atoms with van der Waals surface area (Å²) >= 11 is 5.91. The Hall–Kier alpha value is -1.59. The van der Waals surface area contributed by atoms with Crippen LogP contribution in [0, 0.1) is 0 Å². The Labute approximate surface area is 116 Å². The molecule has 0 aromatic heterocycles. The van der Waals surface area contributed by atoms with Crippen LogP contribution in [0.4, 0.5) is 5.69 Å². The molecule has 1 heterocycles. The number of carbonyl (C=O) groups excluding carboxylic acids is 2. The average Bonchev–Trinajstić information content (AvgIpc) is 2.81. The minimum atomic E-state index is -0.585. The number of benzene rings is 1. The van der Waals surface area contributed by atoms with Crippen LogP contribution in [0.15, 0.2) is 18.2 Å². The summed E-state index contributed by atoms with van der Waals surface area (Å²) in [5.41, 5.74) is 5.97. The fourth-order valence-electron chi connectivity index (χ4n) is 2.16. The van der Waals surface area contributed by atoms with Gasteiger partial charge >= 0.3 is 0 Å². The number of nitrogens with two attached hydrogens (primary N) is 1. The minimum Gasteiger partial charge on any atom is -0.366 e. The van der Waals surface area contributed by atoms with E-state index in [9.17, 15) is 9.59 Å². The lowest BCUT2D eigenvalue weighted by molar-refractivity contribution is -0.116. The topological polar surface area (TPSA) is 84.2 Å². The highest BCUT2D eigenvalue weighted by molar-refractivity contribution is 6.34. The van der Waals surface area contributed by atoms with Gasteiger partial charge in [-0.2, -0.15) is 0 Å². The van der Waals surface area contributed by atoms with Gasteiger partial charge < -0.3 is 16.4 Å². The molecule has 0 spiro atoms. The lowest BCUT2D eigenvalue weighted by Gasteiger charge is -2.11. The van der Waals surface area contributed by atoms with Gasteiger partial charge in [-0.05, 0) is 37.6 Å². The van der Waals surface area contributed by atoms with Gasteiger partial charge in [-0.3, -0.25) is 9.59 Å². The molecule has 1 atom stereocenters. The zero-order chi connectivity index (χ0) is 13.8. The molecule has 5 nitrogen and oxygen atoms in total. The molecular weight excluding hydrogens is 266 g/mol. The van der Waals surface area contributed by atoms with E-state index in [1.807, 2.05) is 0 Å². The van der Waals surface area contributed by atoms with Crippen molar-refractivity contribution in [2.45, 2.75) is 25.3 Å². The third-order valence-corrected chi connectivity index (χ3v) is 3.43. The minimum absolute atomic E-state index is 0.0673. The second-order valence-corrected chi connectivity index (χ2v) is 5.01. The van der Waals surface area contributed by atoms with Gasteiger partial charge in [0.2, 0.25) is 11.8 Å². The standard InChI is InChI=1S/C13H16ClN3O2/c14-11-6-9(3-4-10(11)13(15)19)17-12(18)7-8-2-1-5-16-8/h3-4,6,8,16H,1-2,5,7H2,(H2,15,19)(H,17,18). The van der Waals surface area contributed by atoms with Crippen LogP contribution >= 0.6 is 11.6 Å². The maximum atomic E-state index is 11.8. The summed E-state index contributed by atoms with van der Waals surface area (Å²) < 4.78 is 0. The van der Waals surface area contributed by atoms with Crippen molar-refractivity contribution in [3.8, 4) is 0 Å². The van der Waals surface area contributed by atoms with E-state index in [0.717, 1.165) is 19.4 Å². The Bertz CT molecular complexity index is 499. The number of rotatable bonds is 4. The summed E-state index contributed by atoms with van der Waals surface area (Å²) in [5.74, 6) is -0.652. The number of hydrogen-bond acceptors (Lipinski definition) is 3. The van der Waals surface area contributed by atoms with Gasteiger partial charge in [0.15, 0.2) is 0 Å². The van der Waals surface area contributed by atoms with Crippen LogP contribution in [-0.2, 0) is 4.79 Å². The number of hydrogen-bond donors (Lipinski definition) is 3. The van der Waals surface area contributed by atoms with Crippen molar-refractivity contribution in [2.24, 2.45) is 5.73 Å². The normalized spacial score (nSPS) is 18.3. The Morgan fingerprint density at radius 2 is 2.26 bits per heavy atom. The van der Waals surface area contributed by atoms with Gasteiger partial charge in [-0.1, -0.05) is 11.6 Å². The van der Waals surface area contributed by atoms with Crippen molar-refractivity contribution < 1.29 is 9.59 Å². The van der Waals surface area contributed by atoms with Gasteiger partial charge in [0.1, 0.15) is 0 Å². The van der Waals surface area contributed by atoms with E-state index in [4.69, 9.17) is 17.3 Å². The molecule has 1 aromatic carbocycles. The summed E-state index contributed by atoms with van der Waals surface area (Å²) in [6.07, 6.45) is 2.57. The van der Waals surface area contributed by atoms with Gasteiger partial charge in [0, 0.05) is 18.2 Å². The first-order chi connectivity index (χ1) is 9.06. The average molecular weight is 282 g/mol. The smallest absolute Gasteiger partial charge is 0.250 e. The first-order valence-corrected chi connectivity index (χ1v) is 6.56. The molecule has 1 aliphatic heterocycles. The van der Waals surface area contributed by atoms with Crippen LogP contribution < -0.4 is 16.4 Å². The summed E-state index contributed by atoms with van der Waals surface area (Å²) in [5, 5.41) is 6.26. The van der Waals surface area contributed by atoms with Gasteiger partial charge in [0.05, 0.1) is 10.6 Å². The number of anilines is 1. The highest BCUT2D eigenvalue weighted by Crippen LogP contribution is 2.21. The number of amides is 2. The van der Waals surface area contributed by atoms with E-state index in [-0.39, 0.29) is 22.5 Å². The quantitative estimate of drug-likeness (QED) is 0.782. The van der Waals surface area contributed by atoms with Gasteiger partial charge in [-0.15, -0.1) is 0 Å². The van der Waals surface area contributed by atoms with E-state index in [0.29, 0.717) is 12.1 Å². The zero-order valence-electron chi connectivity index (χ0n) is 10.4. The summed E-state index contributed by atoms with van der Waals surface area (Å²) in [6.45, 7) is 0.969. The molecule has 6 heteroatoms. The van der Waals surface area contributed by atoms with Crippen molar-refractivity contribution in [3.63, 3.8) is 0 Å². The molecule has 2 amide bonds. The Morgan fingerprint density at radius 3 is 2.84 bits per heavy atom. The second kappa shape index (κ2) is 6.04. The number of carbonyl (C=O) groups is 2. The lowest BCUT2D eigenvalue weighted by Crippen LogP contribution is -2.27. The summed E-state index contributed by atoms with van der Waals surface area (Å²) in [7, 11) is 0. The van der Waals surface area contributed by atoms with Crippen molar-refractivity contribution >= 4 is 29.1 Å². The second-order valence-electron chi connectivity index (χ2n) is 4.60. The van der Waals surface area contributed by atoms with E-state index in [1.54, 1.807) is 6.07 Å². The zero-order valence-corrected chi connectivity index (χ0v) is 11.2. The maximum Gasteiger partial charge on any atom is 0.250 e. The molecular formula is C13H16ClN3O2. The molecule has 4 N–H and O–H groups in total. The summed E-state index contributed by atoms with van der Waals surface area (Å²) in [4.78, 5) is 22.8. The van der Waals surface area contributed by atoms with Crippen LogP contribution in [0.2, 0.25) is 5.02 Å². The van der Waals surface area contributed by atoms with Crippen molar-refractivity contribution in [3.05, 3.63) is 28.8 Å². The molecule has 2 rings (SSSR count). The lowest BCUT2D eigenvalue weighted by atomic mass is 10.1. The van der Waals surface area contributed by atoms with Gasteiger partial charge in [0.25, 0.3) is 0 Å². The third-order valence-electron chi connectivity index (χ3n) is 3.11. The van der Waals surface area contributed by atoms with Crippen LogP contribution in [0.1, 0.15) is 29.6 Å². The monoisotopic (exact) mass is 281 g/mol. The largest absolute Gasteiger partial charge is 0.366 e. The molecule has 0 aliphatic carbocycles. The summed E-state index contributed by atoms with van der Waals surface area (Å²) in [6, 6.07) is 4.90. The molecule has 1 aromatic rings. The third kappa shape index (κ3) is 3.68. The van der Waals surface area contributed by atoms with E-state index in [2.05, 4.69) is 10.6 Å². The van der Waals surface area contributed by atoms with Crippen LogP contribution in [-0.4, -0.2) is 24.4 Å². The van der Waals surface area contributed by atoms with E-state index in [1.165, 1.54) is 12.1 Å². The van der Waals surface area contributed by atoms with E-state index >= 15 is 0 Å². The highest BCUT2D eigenvalue weighted by Gasteiger charge is 2.17. The molecule has 1 saturated heterocycles. The van der Waals surface area contributed by atoms with Crippen LogP contribution in [0.5, 0.6) is 0 Å². The molecule has 1 fully saturated rings. The fraction of sp³-hybridized carbons (Fsp3) is 0.385. The number of halogens is 1. The molecule has 0 radical (unpaired) electrons. The number of nitrogens with one attached hydrogen (secondary N) is 2. The Kier molecular flexibility index (Phi) is 4.39. The first kappa shape index (κ1) is 13.8. The molecule has 0 bridgehead atoms. The molecule has 1 aliphatic rings. The van der Waals surface area contributed by atoms with E-state index < -0.39 is 5.91 Å². The predicted molar refractivity (Wildman–Crippen MR) is 74.2 cm³/mol. The predicted octanol–water partition coefficient (Wildman–Crippen LogP) is 1.52. The van der Waals surface area contributed by atoms with Crippen LogP contribution in [0.25, 0.3) is 0 Å².